The average molecular weight is 483 g/mol. The lowest BCUT2D eigenvalue weighted by Gasteiger charge is -2.34. The third-order valence-corrected chi connectivity index (χ3v) is 7.80. The van der Waals surface area contributed by atoms with Gasteiger partial charge in [-0.05, 0) is 65.4 Å². The highest BCUT2D eigenvalue weighted by Crippen LogP contribution is 2.36. The van der Waals surface area contributed by atoms with E-state index in [-0.39, 0.29) is 5.75 Å². The van der Waals surface area contributed by atoms with Crippen LogP contribution in [0.25, 0.3) is 32.8 Å². The van der Waals surface area contributed by atoms with E-state index in [0.717, 1.165) is 71.3 Å². The van der Waals surface area contributed by atoms with E-state index in [2.05, 4.69) is 34.5 Å². The van der Waals surface area contributed by atoms with Crippen molar-refractivity contribution >= 4 is 27.5 Å². The maximum absolute atomic E-state index is 10.4. The monoisotopic (exact) mass is 482 g/mol. The van der Waals surface area contributed by atoms with Gasteiger partial charge < -0.3 is 24.8 Å². The van der Waals surface area contributed by atoms with Gasteiger partial charge in [-0.25, -0.2) is 0 Å². The maximum atomic E-state index is 10.4. The van der Waals surface area contributed by atoms with E-state index in [4.69, 9.17) is 19.4 Å². The van der Waals surface area contributed by atoms with Gasteiger partial charge >= 0.3 is 6.01 Å². The molecule has 0 spiro atoms. The van der Waals surface area contributed by atoms with E-state index < -0.39 is 0 Å². The van der Waals surface area contributed by atoms with Crippen molar-refractivity contribution in [3.05, 3.63) is 54.6 Å². The predicted octanol–water partition coefficient (Wildman–Crippen LogP) is 4.51. The van der Waals surface area contributed by atoms with E-state index in [1.54, 1.807) is 6.07 Å². The maximum Gasteiger partial charge on any atom is 0.318 e. The highest BCUT2D eigenvalue weighted by Gasteiger charge is 2.33. The van der Waals surface area contributed by atoms with E-state index in [9.17, 15) is 5.11 Å². The van der Waals surface area contributed by atoms with Gasteiger partial charge in [0, 0.05) is 43.1 Å². The zero-order valence-corrected chi connectivity index (χ0v) is 20.2. The molecule has 0 aliphatic carbocycles. The van der Waals surface area contributed by atoms with Crippen molar-refractivity contribution in [3.63, 3.8) is 0 Å². The Labute approximate surface area is 210 Å². The summed E-state index contributed by atoms with van der Waals surface area (Å²) in [6.07, 6.45) is 3.43. The lowest BCUT2D eigenvalue weighted by atomic mass is 9.97. The Balaban J connectivity index is 1.32. The fraction of sp³-hybridized carbons (Fsp3) is 0.379. The van der Waals surface area contributed by atoms with Crippen LogP contribution in [0, 0.1) is 5.92 Å². The zero-order chi connectivity index (χ0) is 24.1. The number of aromatic hydroxyl groups is 1. The van der Waals surface area contributed by atoms with Crippen LogP contribution in [-0.4, -0.2) is 60.1 Å². The molecule has 0 radical (unpaired) electrons. The molecule has 3 aromatic carbocycles. The van der Waals surface area contributed by atoms with E-state index in [1.165, 1.54) is 12.8 Å². The first kappa shape index (κ1) is 21.8. The summed E-state index contributed by atoms with van der Waals surface area (Å²) in [5, 5.41) is 17.3. The number of benzene rings is 3. The molecule has 3 atom stereocenters. The quantitative estimate of drug-likeness (QED) is 0.433. The van der Waals surface area contributed by atoms with Gasteiger partial charge in [-0.1, -0.05) is 30.3 Å². The first-order chi connectivity index (χ1) is 17.7. The number of phenolic OH excluding ortho intramolecular Hbond substituents is 1. The summed E-state index contributed by atoms with van der Waals surface area (Å²) in [5.74, 6) is 1.59. The lowest BCUT2D eigenvalue weighted by Crippen LogP contribution is -2.51. The van der Waals surface area contributed by atoms with Crippen LogP contribution in [0.2, 0.25) is 0 Å². The van der Waals surface area contributed by atoms with Gasteiger partial charge in [0.2, 0.25) is 0 Å². The van der Waals surface area contributed by atoms with Crippen LogP contribution < -0.4 is 15.0 Å². The second-order valence-electron chi connectivity index (χ2n) is 10.4. The number of fused-ring (bicyclic) bond motifs is 4. The smallest absolute Gasteiger partial charge is 0.318 e. The van der Waals surface area contributed by atoms with Gasteiger partial charge in [0.1, 0.15) is 11.6 Å². The van der Waals surface area contributed by atoms with Crippen molar-refractivity contribution in [2.75, 3.05) is 37.8 Å². The van der Waals surface area contributed by atoms with Crippen molar-refractivity contribution in [1.29, 1.82) is 0 Å². The third-order valence-electron chi connectivity index (χ3n) is 7.80. The minimum atomic E-state index is 0.256. The molecule has 7 rings (SSSR count). The number of nitrogens with one attached hydrogen (secondary N) is 1. The largest absolute Gasteiger partial charge is 0.508 e. The Kier molecular flexibility index (Phi) is 5.40. The number of piperazine rings is 1. The molecular formula is C29H30N4O3. The molecular weight excluding hydrogens is 452 g/mol. The van der Waals surface area contributed by atoms with Crippen molar-refractivity contribution in [3.8, 4) is 22.9 Å². The minimum absolute atomic E-state index is 0.256. The molecule has 36 heavy (non-hydrogen) atoms. The van der Waals surface area contributed by atoms with Crippen molar-refractivity contribution in [1.82, 2.24) is 15.3 Å². The molecule has 4 heterocycles. The number of nitrogens with zero attached hydrogens (tertiary/aromatic N) is 3. The van der Waals surface area contributed by atoms with Crippen molar-refractivity contribution < 1.29 is 14.6 Å². The summed E-state index contributed by atoms with van der Waals surface area (Å²) in [6.45, 7) is 3.97. The highest BCUT2D eigenvalue weighted by atomic mass is 16.5. The van der Waals surface area contributed by atoms with Crippen LogP contribution in [0.5, 0.6) is 11.8 Å². The number of anilines is 1. The van der Waals surface area contributed by atoms with E-state index in [0.29, 0.717) is 30.6 Å². The number of hydrogen-bond acceptors (Lipinski definition) is 7. The molecule has 3 aliphatic heterocycles. The summed E-state index contributed by atoms with van der Waals surface area (Å²) < 4.78 is 11.7. The highest BCUT2D eigenvalue weighted by molar-refractivity contribution is 6.00. The van der Waals surface area contributed by atoms with Gasteiger partial charge in [0.05, 0.1) is 18.7 Å². The second-order valence-corrected chi connectivity index (χ2v) is 10.4. The molecule has 0 saturated carbocycles. The summed E-state index contributed by atoms with van der Waals surface area (Å²) >= 11 is 0. The Morgan fingerprint density at radius 2 is 1.83 bits per heavy atom. The zero-order valence-electron chi connectivity index (χ0n) is 20.2. The molecule has 4 aromatic rings. The van der Waals surface area contributed by atoms with Crippen molar-refractivity contribution in [2.45, 2.75) is 31.3 Å². The first-order valence-electron chi connectivity index (χ1n) is 12.9. The Morgan fingerprint density at radius 1 is 0.972 bits per heavy atom. The number of phenols is 1. The number of ether oxygens (including phenoxy) is 2. The topological polar surface area (TPSA) is 79.7 Å². The van der Waals surface area contributed by atoms with Gasteiger partial charge in [0.15, 0.2) is 0 Å². The van der Waals surface area contributed by atoms with E-state index in [1.807, 2.05) is 24.3 Å². The average Bonchev–Trinajstić information content (AvgIpc) is 3.55. The van der Waals surface area contributed by atoms with Gasteiger partial charge in [0.25, 0.3) is 0 Å². The fourth-order valence-corrected chi connectivity index (χ4v) is 5.98. The molecule has 184 valence electrons. The molecule has 3 saturated heterocycles. The SMILES string of the molecule is Oc1cc(-c2ccc3c(N4CC5CCC(C4)N5)nc(OCC4CCOC4)nc3c2)c2ccccc2c1. The summed E-state index contributed by atoms with van der Waals surface area (Å²) in [5.41, 5.74) is 2.85. The third kappa shape index (κ3) is 4.02. The fourth-order valence-electron chi connectivity index (χ4n) is 5.98. The first-order valence-corrected chi connectivity index (χ1v) is 12.9. The molecule has 3 unspecified atom stereocenters. The minimum Gasteiger partial charge on any atom is -0.508 e. The van der Waals surface area contributed by atoms with E-state index >= 15 is 0 Å². The van der Waals surface area contributed by atoms with Crippen LogP contribution in [0.4, 0.5) is 5.82 Å². The molecule has 3 fully saturated rings. The van der Waals surface area contributed by atoms with Crippen LogP contribution in [-0.2, 0) is 4.74 Å². The van der Waals surface area contributed by atoms with Crippen LogP contribution in [0.15, 0.2) is 54.6 Å². The standard InChI is InChI=1S/C29H30N4O3/c34-23-11-19-3-1-2-4-24(19)26(13-23)20-5-8-25-27(12-20)31-29(36-17-18-9-10-35-16-18)32-28(25)33-14-21-6-7-22(15-33)30-21/h1-5,8,11-13,18,21-22,30,34H,6-7,9-10,14-17H2. The Morgan fingerprint density at radius 3 is 2.67 bits per heavy atom. The summed E-state index contributed by atoms with van der Waals surface area (Å²) in [7, 11) is 0. The molecule has 3 aliphatic rings. The van der Waals surface area contributed by atoms with Gasteiger partial charge in [-0.3, -0.25) is 0 Å². The molecule has 7 nitrogen and oxygen atoms in total. The van der Waals surface area contributed by atoms with Crippen molar-refractivity contribution in [2.24, 2.45) is 5.92 Å². The van der Waals surface area contributed by atoms with Gasteiger partial charge in [-0.2, -0.15) is 9.97 Å². The second kappa shape index (κ2) is 8.91. The summed E-state index contributed by atoms with van der Waals surface area (Å²) in [6, 6.07) is 19.5. The number of rotatable bonds is 5. The molecule has 7 heteroatoms. The molecule has 1 aromatic heterocycles. The Hall–Kier alpha value is -3.42. The van der Waals surface area contributed by atoms with Crippen LogP contribution >= 0.6 is 0 Å². The number of hydrogen-bond donors (Lipinski definition) is 2. The molecule has 2 N–H and O–H groups in total. The summed E-state index contributed by atoms with van der Waals surface area (Å²) in [4.78, 5) is 12.2. The molecule has 2 bridgehead atoms. The molecule has 0 amide bonds. The van der Waals surface area contributed by atoms with Crippen LogP contribution in [0.3, 0.4) is 0 Å². The van der Waals surface area contributed by atoms with Gasteiger partial charge in [-0.15, -0.1) is 0 Å². The van der Waals surface area contributed by atoms with Crippen LogP contribution in [0.1, 0.15) is 19.3 Å². The lowest BCUT2D eigenvalue weighted by molar-refractivity contribution is 0.164. The predicted molar refractivity (Wildman–Crippen MR) is 141 cm³/mol. The Bertz CT molecular complexity index is 1420. The normalized spacial score (nSPS) is 23.6. The number of aromatic nitrogens is 2.